The summed E-state index contributed by atoms with van der Waals surface area (Å²) >= 11 is 7.84. The van der Waals surface area contributed by atoms with E-state index in [4.69, 9.17) is 11.6 Å². The van der Waals surface area contributed by atoms with Gasteiger partial charge in [-0.25, -0.2) is 0 Å². The first-order valence-electron chi connectivity index (χ1n) is 7.27. The van der Waals surface area contributed by atoms with E-state index in [1.54, 1.807) is 11.3 Å². The molecule has 0 radical (unpaired) electrons. The van der Waals surface area contributed by atoms with Crippen molar-refractivity contribution in [3.63, 3.8) is 0 Å². The summed E-state index contributed by atoms with van der Waals surface area (Å²) in [5.41, 5.74) is 1.01. The molecule has 0 aliphatic heterocycles. The summed E-state index contributed by atoms with van der Waals surface area (Å²) in [6, 6.07) is 11.3. The topological polar surface area (TPSA) is 49.3 Å². The van der Waals surface area contributed by atoms with Crippen LogP contribution in [0.1, 0.15) is 25.1 Å². The molecule has 0 amide bonds. The van der Waals surface area contributed by atoms with Crippen LogP contribution >= 0.6 is 22.9 Å². The predicted octanol–water partition coefficient (Wildman–Crippen LogP) is 4.66. The van der Waals surface area contributed by atoms with Gasteiger partial charge < -0.3 is 5.11 Å². The summed E-state index contributed by atoms with van der Waals surface area (Å²) in [4.78, 5) is 13.4. The summed E-state index contributed by atoms with van der Waals surface area (Å²) in [6.45, 7) is 4.61. The van der Waals surface area contributed by atoms with Crippen molar-refractivity contribution in [1.29, 1.82) is 0 Å². The maximum absolute atomic E-state index is 11.3. The number of carboxylic acids is 1. The molecule has 118 valence electrons. The molecule has 5 heteroatoms. The van der Waals surface area contributed by atoms with E-state index in [0.29, 0.717) is 18.9 Å². The number of aliphatic carboxylic acids is 1. The number of carboxylic acid groups (broad SMARTS) is 1. The Hall–Kier alpha value is -1.36. The lowest BCUT2D eigenvalue weighted by Gasteiger charge is -2.15. The molecule has 2 rings (SSSR count). The number of thiophene rings is 1. The quantitative estimate of drug-likeness (QED) is 0.772. The van der Waals surface area contributed by atoms with Crippen molar-refractivity contribution in [1.82, 2.24) is 5.32 Å². The first-order chi connectivity index (χ1) is 10.5. The average molecular weight is 338 g/mol. The van der Waals surface area contributed by atoms with E-state index in [9.17, 15) is 9.90 Å². The Bertz CT molecular complexity index is 639. The van der Waals surface area contributed by atoms with Gasteiger partial charge in [-0.1, -0.05) is 43.6 Å². The van der Waals surface area contributed by atoms with Crippen molar-refractivity contribution >= 4 is 28.9 Å². The minimum Gasteiger partial charge on any atom is -0.480 e. The molecule has 1 aromatic heterocycles. The Balaban J connectivity index is 2.03. The van der Waals surface area contributed by atoms with Gasteiger partial charge in [-0.05, 0) is 30.5 Å². The van der Waals surface area contributed by atoms with E-state index in [2.05, 4.69) is 5.32 Å². The zero-order chi connectivity index (χ0) is 16.1. The predicted molar refractivity (Wildman–Crippen MR) is 92.5 cm³/mol. The van der Waals surface area contributed by atoms with Crippen molar-refractivity contribution in [2.45, 2.75) is 32.9 Å². The zero-order valence-corrected chi connectivity index (χ0v) is 14.2. The molecule has 0 aliphatic carbocycles. The van der Waals surface area contributed by atoms with Crippen LogP contribution in [0.25, 0.3) is 10.4 Å². The fraction of sp³-hybridized carbons (Fsp3) is 0.353. The Morgan fingerprint density at radius 3 is 2.64 bits per heavy atom. The summed E-state index contributed by atoms with van der Waals surface area (Å²) < 4.78 is 0. The van der Waals surface area contributed by atoms with Crippen molar-refractivity contribution in [2.75, 3.05) is 0 Å². The molecular formula is C17H20ClNO2S. The van der Waals surface area contributed by atoms with Gasteiger partial charge in [-0.2, -0.15) is 0 Å². The van der Waals surface area contributed by atoms with Gasteiger partial charge >= 0.3 is 5.97 Å². The van der Waals surface area contributed by atoms with Crippen LogP contribution in [0.5, 0.6) is 0 Å². The highest BCUT2D eigenvalue weighted by molar-refractivity contribution is 7.15. The number of halogens is 1. The Kier molecular flexibility index (Phi) is 6.00. The van der Waals surface area contributed by atoms with Crippen LogP contribution < -0.4 is 5.32 Å². The highest BCUT2D eigenvalue weighted by Gasteiger charge is 2.18. The molecule has 1 atom stereocenters. The number of hydrogen-bond acceptors (Lipinski definition) is 3. The molecule has 0 unspecified atom stereocenters. The molecular weight excluding hydrogens is 318 g/mol. The molecule has 0 spiro atoms. The maximum Gasteiger partial charge on any atom is 0.320 e. The zero-order valence-electron chi connectivity index (χ0n) is 12.7. The molecule has 0 fully saturated rings. The van der Waals surface area contributed by atoms with Crippen molar-refractivity contribution in [3.05, 3.63) is 46.3 Å². The third-order valence-corrected chi connectivity index (χ3v) is 4.78. The normalized spacial score (nSPS) is 12.5. The Labute approximate surface area is 139 Å². The number of nitrogens with one attached hydrogen (secondary N) is 1. The second-order valence-corrected chi connectivity index (χ2v) is 7.22. The second kappa shape index (κ2) is 7.77. The van der Waals surface area contributed by atoms with E-state index in [1.165, 1.54) is 0 Å². The van der Waals surface area contributed by atoms with Crippen LogP contribution in [0.4, 0.5) is 0 Å². The lowest BCUT2D eigenvalue weighted by molar-refractivity contribution is -0.140. The van der Waals surface area contributed by atoms with Crippen LogP contribution in [0.3, 0.4) is 0 Å². The lowest BCUT2D eigenvalue weighted by atomic mass is 10.0. The standard InChI is InChI=1S/C17H20ClNO2S/c1-11(2)9-15(17(20)21)19-10-12-7-8-16(22-12)13-5-3-4-6-14(13)18/h3-8,11,15,19H,9-10H2,1-2H3,(H,20,21)/t15-/m0/s1. The SMILES string of the molecule is CC(C)C[C@H](NCc1ccc(-c2ccccc2Cl)s1)C(=O)O. The minimum absolute atomic E-state index is 0.343. The first kappa shape index (κ1) is 17.0. The number of hydrogen-bond donors (Lipinski definition) is 2. The average Bonchev–Trinajstić information content (AvgIpc) is 2.92. The van der Waals surface area contributed by atoms with Crippen molar-refractivity contribution in [3.8, 4) is 10.4 Å². The van der Waals surface area contributed by atoms with Crippen LogP contribution in [-0.4, -0.2) is 17.1 Å². The molecule has 3 nitrogen and oxygen atoms in total. The lowest BCUT2D eigenvalue weighted by Crippen LogP contribution is -2.37. The van der Waals surface area contributed by atoms with Gasteiger partial charge in [-0.15, -0.1) is 11.3 Å². The Morgan fingerprint density at radius 1 is 1.27 bits per heavy atom. The van der Waals surface area contributed by atoms with Gasteiger partial charge in [0.2, 0.25) is 0 Å². The molecule has 2 N–H and O–H groups in total. The molecule has 1 heterocycles. The summed E-state index contributed by atoms with van der Waals surface area (Å²) in [7, 11) is 0. The molecule has 2 aromatic rings. The van der Waals surface area contributed by atoms with Gasteiger partial charge in [0.15, 0.2) is 0 Å². The van der Waals surface area contributed by atoms with Crippen molar-refractivity contribution in [2.24, 2.45) is 5.92 Å². The first-order valence-corrected chi connectivity index (χ1v) is 8.46. The largest absolute Gasteiger partial charge is 0.480 e. The van der Waals surface area contributed by atoms with Gasteiger partial charge in [0, 0.05) is 26.9 Å². The third kappa shape index (κ3) is 4.57. The van der Waals surface area contributed by atoms with Crippen LogP contribution in [0.2, 0.25) is 5.02 Å². The van der Waals surface area contributed by atoms with E-state index < -0.39 is 12.0 Å². The summed E-state index contributed by atoms with van der Waals surface area (Å²) in [6.07, 6.45) is 0.623. The summed E-state index contributed by atoms with van der Waals surface area (Å²) in [5, 5.41) is 13.1. The number of benzene rings is 1. The highest BCUT2D eigenvalue weighted by atomic mass is 35.5. The van der Waals surface area contributed by atoms with Gasteiger partial charge in [0.1, 0.15) is 6.04 Å². The Morgan fingerprint density at radius 2 is 2.00 bits per heavy atom. The highest BCUT2D eigenvalue weighted by Crippen LogP contribution is 2.33. The van der Waals surface area contributed by atoms with Gasteiger partial charge in [-0.3, -0.25) is 10.1 Å². The number of carbonyl (C=O) groups is 1. The van der Waals surface area contributed by atoms with E-state index >= 15 is 0 Å². The monoisotopic (exact) mass is 337 g/mol. The van der Waals surface area contributed by atoms with E-state index in [-0.39, 0.29) is 0 Å². The van der Waals surface area contributed by atoms with Crippen LogP contribution in [0.15, 0.2) is 36.4 Å². The molecule has 0 aliphatic rings. The van der Waals surface area contributed by atoms with Crippen LogP contribution in [-0.2, 0) is 11.3 Å². The van der Waals surface area contributed by atoms with Gasteiger partial charge in [0.05, 0.1) is 0 Å². The molecule has 1 aromatic carbocycles. The van der Waals surface area contributed by atoms with Crippen LogP contribution in [0, 0.1) is 5.92 Å². The molecule has 22 heavy (non-hydrogen) atoms. The van der Waals surface area contributed by atoms with E-state index in [1.807, 2.05) is 50.2 Å². The van der Waals surface area contributed by atoms with Crippen molar-refractivity contribution < 1.29 is 9.90 Å². The summed E-state index contributed by atoms with van der Waals surface area (Å²) in [5.74, 6) is -0.452. The van der Waals surface area contributed by atoms with E-state index in [0.717, 1.165) is 20.3 Å². The second-order valence-electron chi connectivity index (χ2n) is 5.65. The minimum atomic E-state index is -0.795. The third-order valence-electron chi connectivity index (χ3n) is 3.33. The number of rotatable bonds is 7. The molecule has 0 bridgehead atoms. The smallest absolute Gasteiger partial charge is 0.320 e. The molecule has 0 saturated carbocycles. The fourth-order valence-electron chi connectivity index (χ4n) is 2.25. The fourth-order valence-corrected chi connectivity index (χ4v) is 3.54. The maximum atomic E-state index is 11.3. The molecule has 0 saturated heterocycles. The van der Waals surface area contributed by atoms with Gasteiger partial charge in [0.25, 0.3) is 0 Å².